The number of benzene rings is 1. The number of anilines is 1. The second kappa shape index (κ2) is 7.45. The minimum Gasteiger partial charge on any atom is -0.353 e. The second-order valence-corrected chi connectivity index (χ2v) is 7.78. The van der Waals surface area contributed by atoms with Crippen LogP contribution in [0.15, 0.2) is 28.7 Å². The predicted molar refractivity (Wildman–Crippen MR) is 95.2 cm³/mol. The summed E-state index contributed by atoms with van der Waals surface area (Å²) in [5, 5.41) is 9.22. The molecule has 1 heterocycles. The normalized spacial score (nSPS) is 23.1. The molecule has 0 saturated carbocycles. The van der Waals surface area contributed by atoms with Gasteiger partial charge in [0.05, 0.1) is 0 Å². The van der Waals surface area contributed by atoms with Crippen LogP contribution in [0.25, 0.3) is 0 Å². The highest BCUT2D eigenvalue weighted by molar-refractivity contribution is 9.10. The molecule has 1 aliphatic rings. The van der Waals surface area contributed by atoms with Crippen molar-refractivity contribution in [3.63, 3.8) is 0 Å². The highest BCUT2D eigenvalue weighted by atomic mass is 79.9. The van der Waals surface area contributed by atoms with Crippen molar-refractivity contribution < 1.29 is 9.59 Å². The molecule has 126 valence electrons. The van der Waals surface area contributed by atoms with E-state index >= 15 is 0 Å². The topological polar surface area (TPSA) is 70.2 Å². The minimum atomic E-state index is -0.300. The highest BCUT2D eigenvalue weighted by Gasteiger charge is 2.32. The van der Waals surface area contributed by atoms with Crippen molar-refractivity contribution in [1.82, 2.24) is 10.6 Å². The van der Waals surface area contributed by atoms with E-state index in [0.717, 1.165) is 17.3 Å². The molecule has 1 fully saturated rings. The Bertz CT molecular complexity index is 572. The summed E-state index contributed by atoms with van der Waals surface area (Å²) in [7, 11) is 0. The molecule has 0 aliphatic carbocycles. The summed E-state index contributed by atoms with van der Waals surface area (Å²) < 4.78 is 0.941. The summed E-state index contributed by atoms with van der Waals surface area (Å²) in [5.41, 5.74) is 0.678. The summed E-state index contributed by atoms with van der Waals surface area (Å²) >= 11 is 3.34. The van der Waals surface area contributed by atoms with Gasteiger partial charge in [0, 0.05) is 27.8 Å². The molecular weight excluding hydrogens is 358 g/mol. The first-order valence-corrected chi connectivity index (χ1v) is 8.65. The molecule has 2 amide bonds. The fourth-order valence-electron chi connectivity index (χ4n) is 3.18. The Hall–Kier alpha value is -1.40. The van der Waals surface area contributed by atoms with Crippen molar-refractivity contribution in [2.24, 2.45) is 0 Å². The van der Waals surface area contributed by atoms with Crippen LogP contribution in [0.3, 0.4) is 0 Å². The molecule has 23 heavy (non-hydrogen) atoms. The lowest BCUT2D eigenvalue weighted by atomic mass is 9.86. The van der Waals surface area contributed by atoms with Crippen LogP contribution in [0, 0.1) is 0 Å². The van der Waals surface area contributed by atoms with Gasteiger partial charge in [-0.2, -0.15) is 0 Å². The number of carbonyl (C=O) groups excluding carboxylic acids is 2. The first-order valence-electron chi connectivity index (χ1n) is 7.86. The molecule has 6 heteroatoms. The maximum Gasteiger partial charge on any atom is 0.233 e. The molecule has 5 nitrogen and oxygen atoms in total. The van der Waals surface area contributed by atoms with Crippen LogP contribution in [0.1, 0.15) is 40.0 Å². The number of halogens is 1. The molecule has 0 radical (unpaired) electrons. The third kappa shape index (κ3) is 5.95. The Morgan fingerprint density at radius 3 is 2.52 bits per heavy atom. The lowest BCUT2D eigenvalue weighted by Gasteiger charge is -2.40. The van der Waals surface area contributed by atoms with E-state index < -0.39 is 0 Å². The molecular formula is C17H24BrN3O2. The van der Waals surface area contributed by atoms with Crippen LogP contribution in [0.5, 0.6) is 0 Å². The van der Waals surface area contributed by atoms with Gasteiger partial charge in [-0.15, -0.1) is 0 Å². The first-order chi connectivity index (χ1) is 10.7. The summed E-state index contributed by atoms with van der Waals surface area (Å²) in [6.45, 7) is 6.37. The molecule has 1 saturated heterocycles. The lowest BCUT2D eigenvalue weighted by Crippen LogP contribution is -2.56. The van der Waals surface area contributed by atoms with E-state index in [9.17, 15) is 9.59 Å². The quantitative estimate of drug-likeness (QED) is 0.702. The number of hydrogen-bond donors (Lipinski definition) is 3. The molecule has 0 spiro atoms. The van der Waals surface area contributed by atoms with Gasteiger partial charge in [-0.1, -0.05) is 15.9 Å². The average Bonchev–Trinajstić information content (AvgIpc) is 2.38. The fourth-order valence-corrected chi connectivity index (χ4v) is 3.45. The van der Waals surface area contributed by atoms with Crippen LogP contribution in [0.4, 0.5) is 5.69 Å². The number of carbonyl (C=O) groups is 2. The third-order valence-electron chi connectivity index (χ3n) is 3.85. The zero-order valence-corrected chi connectivity index (χ0v) is 15.4. The van der Waals surface area contributed by atoms with E-state index in [1.807, 2.05) is 12.1 Å². The van der Waals surface area contributed by atoms with Crippen LogP contribution in [-0.4, -0.2) is 29.4 Å². The number of rotatable bonds is 4. The Morgan fingerprint density at radius 2 is 1.91 bits per heavy atom. The van der Waals surface area contributed by atoms with Crippen LogP contribution in [-0.2, 0) is 9.59 Å². The maximum absolute atomic E-state index is 12.1. The molecule has 1 aliphatic heterocycles. The summed E-state index contributed by atoms with van der Waals surface area (Å²) in [6, 6.07) is 7.71. The van der Waals surface area contributed by atoms with Crippen molar-refractivity contribution in [2.75, 3.05) is 5.32 Å². The molecule has 1 aromatic rings. The Morgan fingerprint density at radius 1 is 1.26 bits per heavy atom. The number of hydrogen-bond acceptors (Lipinski definition) is 3. The van der Waals surface area contributed by atoms with Gasteiger partial charge in [-0.25, -0.2) is 0 Å². The van der Waals surface area contributed by atoms with Gasteiger partial charge in [0.15, 0.2) is 0 Å². The van der Waals surface area contributed by atoms with Crippen molar-refractivity contribution in [2.45, 2.75) is 57.7 Å². The van der Waals surface area contributed by atoms with Gasteiger partial charge in [-0.05, 0) is 57.9 Å². The van der Waals surface area contributed by atoms with Gasteiger partial charge >= 0.3 is 0 Å². The van der Waals surface area contributed by atoms with Gasteiger partial charge in [0.25, 0.3) is 0 Å². The van der Waals surface area contributed by atoms with Crippen LogP contribution < -0.4 is 16.0 Å². The number of nitrogens with one attached hydrogen (secondary N) is 3. The highest BCUT2D eigenvalue weighted by Crippen LogP contribution is 2.22. The third-order valence-corrected chi connectivity index (χ3v) is 4.37. The van der Waals surface area contributed by atoms with Crippen molar-refractivity contribution >= 4 is 33.4 Å². The Labute approximate surface area is 145 Å². The standard InChI is InChI=1S/C17H24BrN3O2/c1-11-8-14(10-17(2,3)21-11)20-16(23)9-15(22)19-13-6-4-12(18)5-7-13/h4-7,11,14,21H,8-10H2,1-3H3,(H,19,22)(H,20,23). The smallest absolute Gasteiger partial charge is 0.233 e. The fraction of sp³-hybridized carbons (Fsp3) is 0.529. The molecule has 1 aromatic carbocycles. The lowest BCUT2D eigenvalue weighted by molar-refractivity contribution is -0.127. The second-order valence-electron chi connectivity index (χ2n) is 6.87. The molecule has 0 aromatic heterocycles. The Balaban J connectivity index is 1.82. The van der Waals surface area contributed by atoms with E-state index in [0.29, 0.717) is 11.7 Å². The monoisotopic (exact) mass is 381 g/mol. The van der Waals surface area contributed by atoms with Gasteiger partial charge < -0.3 is 16.0 Å². The molecule has 2 atom stereocenters. The predicted octanol–water partition coefficient (Wildman–Crippen LogP) is 2.81. The van der Waals surface area contributed by atoms with E-state index in [4.69, 9.17) is 0 Å². The average molecular weight is 382 g/mol. The van der Waals surface area contributed by atoms with E-state index in [1.165, 1.54) is 0 Å². The molecule has 2 unspecified atom stereocenters. The van der Waals surface area contributed by atoms with E-state index in [1.54, 1.807) is 12.1 Å². The summed E-state index contributed by atoms with van der Waals surface area (Å²) in [4.78, 5) is 24.0. The van der Waals surface area contributed by atoms with Crippen molar-refractivity contribution in [3.8, 4) is 0 Å². The summed E-state index contributed by atoms with van der Waals surface area (Å²) in [5.74, 6) is -0.527. The van der Waals surface area contributed by atoms with Gasteiger partial charge in [0.1, 0.15) is 6.42 Å². The largest absolute Gasteiger partial charge is 0.353 e. The number of piperidine rings is 1. The maximum atomic E-state index is 12.1. The van der Waals surface area contributed by atoms with Gasteiger partial charge in [0.2, 0.25) is 11.8 Å². The van der Waals surface area contributed by atoms with Crippen LogP contribution in [0.2, 0.25) is 0 Å². The first kappa shape index (κ1) is 17.9. The molecule has 3 N–H and O–H groups in total. The molecule has 0 bridgehead atoms. The molecule has 2 rings (SSSR count). The van der Waals surface area contributed by atoms with E-state index in [-0.39, 0.29) is 29.8 Å². The van der Waals surface area contributed by atoms with Crippen LogP contribution >= 0.6 is 15.9 Å². The van der Waals surface area contributed by atoms with Gasteiger partial charge in [-0.3, -0.25) is 9.59 Å². The number of amides is 2. The zero-order valence-electron chi connectivity index (χ0n) is 13.8. The van der Waals surface area contributed by atoms with Crippen molar-refractivity contribution in [3.05, 3.63) is 28.7 Å². The zero-order chi connectivity index (χ0) is 17.0. The summed E-state index contributed by atoms with van der Waals surface area (Å²) in [6.07, 6.45) is 1.58. The minimum absolute atomic E-state index is 0.00467. The van der Waals surface area contributed by atoms with Crippen molar-refractivity contribution in [1.29, 1.82) is 0 Å². The van der Waals surface area contributed by atoms with E-state index in [2.05, 4.69) is 52.7 Å². The SMILES string of the molecule is CC1CC(NC(=O)CC(=O)Nc2ccc(Br)cc2)CC(C)(C)N1. The Kier molecular flexibility index (Phi) is 5.81.